The Balaban J connectivity index is 2.87. The molecule has 0 N–H and O–H groups in total. The van der Waals surface area contributed by atoms with Gasteiger partial charge in [0.05, 0.1) is 11.9 Å². The molecule has 4 nitrogen and oxygen atoms in total. The number of halogens is 1. The molecule has 0 saturated heterocycles. The number of hydrogen-bond donors (Lipinski definition) is 0. The predicted molar refractivity (Wildman–Crippen MR) is 67.3 cm³/mol. The highest BCUT2D eigenvalue weighted by atomic mass is 35.5. The molecule has 1 unspecified atom stereocenters. The Morgan fingerprint density at radius 1 is 1.62 bits per heavy atom. The maximum absolute atomic E-state index is 11.7. The lowest BCUT2D eigenvalue weighted by Crippen LogP contribution is -2.27. The van der Waals surface area contributed by atoms with Gasteiger partial charge in [-0.15, -0.1) is 11.6 Å². The van der Waals surface area contributed by atoms with Gasteiger partial charge in [0.2, 0.25) is 0 Å². The summed E-state index contributed by atoms with van der Waals surface area (Å²) in [7, 11) is 1.93. The summed E-state index contributed by atoms with van der Waals surface area (Å²) >= 11 is 5.71. The Labute approximate surface area is 101 Å². The van der Waals surface area contributed by atoms with Crippen LogP contribution in [0.2, 0.25) is 0 Å². The summed E-state index contributed by atoms with van der Waals surface area (Å²) in [6, 6.07) is 1.61. The second-order valence-electron chi connectivity index (χ2n) is 4.01. The second kappa shape index (κ2) is 5.89. The third kappa shape index (κ3) is 3.23. The highest BCUT2D eigenvalue weighted by molar-refractivity contribution is 6.18. The molecule has 16 heavy (non-hydrogen) atoms. The summed E-state index contributed by atoms with van der Waals surface area (Å²) in [5.41, 5.74) is 0.775. The van der Waals surface area contributed by atoms with Gasteiger partial charge in [-0.05, 0) is 12.8 Å². The summed E-state index contributed by atoms with van der Waals surface area (Å²) in [6.45, 7) is 5.44. The van der Waals surface area contributed by atoms with E-state index in [4.69, 9.17) is 11.6 Å². The van der Waals surface area contributed by atoms with Crippen LogP contribution >= 0.6 is 11.6 Å². The van der Waals surface area contributed by atoms with Crippen molar-refractivity contribution in [1.29, 1.82) is 0 Å². The number of nitrogens with zero attached hydrogens (tertiary/aromatic N) is 3. The van der Waals surface area contributed by atoms with Crippen LogP contribution in [0.5, 0.6) is 0 Å². The number of aromatic nitrogens is 2. The van der Waals surface area contributed by atoms with Crippen molar-refractivity contribution in [1.82, 2.24) is 9.78 Å². The van der Waals surface area contributed by atoms with Gasteiger partial charge in [0.25, 0.3) is 5.56 Å². The first kappa shape index (κ1) is 13.0. The van der Waals surface area contributed by atoms with Gasteiger partial charge >= 0.3 is 0 Å². The van der Waals surface area contributed by atoms with E-state index in [0.29, 0.717) is 12.4 Å². The molecule has 0 radical (unpaired) electrons. The van der Waals surface area contributed by atoms with Crippen molar-refractivity contribution in [2.24, 2.45) is 5.92 Å². The molecule has 0 aliphatic rings. The average molecular weight is 244 g/mol. The molecule has 1 atom stereocenters. The van der Waals surface area contributed by atoms with E-state index in [1.807, 2.05) is 25.8 Å². The summed E-state index contributed by atoms with van der Waals surface area (Å²) in [5.74, 6) is 0.784. The Hall–Kier alpha value is -1.03. The number of rotatable bonds is 5. The fraction of sp³-hybridized carbons (Fsp3) is 0.636. The maximum Gasteiger partial charge on any atom is 0.268 e. The summed E-state index contributed by atoms with van der Waals surface area (Å²) in [6.07, 6.45) is 1.71. The zero-order chi connectivity index (χ0) is 12.1. The van der Waals surface area contributed by atoms with Crippen LogP contribution in [0.25, 0.3) is 0 Å². The fourth-order valence-electron chi connectivity index (χ4n) is 1.30. The zero-order valence-electron chi connectivity index (χ0n) is 9.98. The first-order valence-electron chi connectivity index (χ1n) is 5.42. The van der Waals surface area contributed by atoms with E-state index in [-0.39, 0.29) is 11.5 Å². The van der Waals surface area contributed by atoms with E-state index in [0.717, 1.165) is 12.2 Å². The van der Waals surface area contributed by atoms with Gasteiger partial charge in [0.15, 0.2) is 0 Å². The molecular weight excluding hydrogens is 226 g/mol. The van der Waals surface area contributed by atoms with Crippen LogP contribution in [0, 0.1) is 5.92 Å². The molecule has 1 aromatic rings. The monoisotopic (exact) mass is 243 g/mol. The van der Waals surface area contributed by atoms with Gasteiger partial charge in [-0.2, -0.15) is 5.10 Å². The molecule has 90 valence electrons. The van der Waals surface area contributed by atoms with Crippen LogP contribution in [0.4, 0.5) is 5.69 Å². The molecule has 0 aliphatic carbocycles. The quantitative estimate of drug-likeness (QED) is 0.737. The zero-order valence-corrected chi connectivity index (χ0v) is 10.7. The first-order chi connectivity index (χ1) is 7.58. The molecule has 0 aromatic carbocycles. The lowest BCUT2D eigenvalue weighted by molar-refractivity contribution is 0.467. The molecule has 5 heteroatoms. The summed E-state index contributed by atoms with van der Waals surface area (Å²) < 4.78 is 1.46. The minimum atomic E-state index is -0.0743. The van der Waals surface area contributed by atoms with E-state index < -0.39 is 0 Å². The lowest BCUT2D eigenvalue weighted by Gasteiger charge is -2.16. The van der Waals surface area contributed by atoms with Crippen molar-refractivity contribution in [3.05, 3.63) is 22.6 Å². The third-order valence-electron chi connectivity index (χ3n) is 2.52. The third-order valence-corrected chi connectivity index (χ3v) is 3.05. The molecule has 0 saturated carbocycles. The Bertz CT molecular complexity index is 391. The maximum atomic E-state index is 11.7. The number of anilines is 1. The molecular formula is C11H18ClN3O. The molecule has 0 spiro atoms. The highest BCUT2D eigenvalue weighted by Crippen LogP contribution is 2.06. The van der Waals surface area contributed by atoms with Gasteiger partial charge in [-0.25, -0.2) is 4.68 Å². The van der Waals surface area contributed by atoms with E-state index >= 15 is 0 Å². The minimum Gasteiger partial charge on any atom is -0.373 e. The summed E-state index contributed by atoms with van der Waals surface area (Å²) in [5, 5.41) is 4.14. The van der Waals surface area contributed by atoms with Gasteiger partial charge in [-0.3, -0.25) is 4.79 Å². The van der Waals surface area contributed by atoms with E-state index in [1.54, 1.807) is 12.3 Å². The van der Waals surface area contributed by atoms with Crippen LogP contribution in [0.3, 0.4) is 0 Å². The number of hydrogen-bond acceptors (Lipinski definition) is 3. The normalized spacial score (nSPS) is 12.5. The van der Waals surface area contributed by atoms with Crippen LogP contribution < -0.4 is 10.5 Å². The molecule has 1 heterocycles. The van der Waals surface area contributed by atoms with Crippen molar-refractivity contribution in [3.63, 3.8) is 0 Å². The van der Waals surface area contributed by atoms with Crippen molar-refractivity contribution in [3.8, 4) is 0 Å². The Kier molecular flexibility index (Phi) is 4.80. The van der Waals surface area contributed by atoms with Crippen molar-refractivity contribution in [2.45, 2.75) is 20.4 Å². The van der Waals surface area contributed by atoms with Gasteiger partial charge in [0, 0.05) is 32.1 Å². The summed E-state index contributed by atoms with van der Waals surface area (Å²) in [4.78, 5) is 13.7. The van der Waals surface area contributed by atoms with Crippen LogP contribution in [-0.2, 0) is 6.54 Å². The van der Waals surface area contributed by atoms with Crippen molar-refractivity contribution in [2.75, 3.05) is 24.4 Å². The van der Waals surface area contributed by atoms with Crippen LogP contribution in [0.15, 0.2) is 17.1 Å². The fourth-order valence-corrected chi connectivity index (χ4v) is 1.39. The largest absolute Gasteiger partial charge is 0.373 e. The predicted octanol–water partition coefficient (Wildman–Crippen LogP) is 1.57. The van der Waals surface area contributed by atoms with E-state index in [9.17, 15) is 4.79 Å². The average Bonchev–Trinajstić information content (AvgIpc) is 2.30. The molecule has 0 fully saturated rings. The molecule has 1 rings (SSSR count). The molecule has 1 aromatic heterocycles. The van der Waals surface area contributed by atoms with Crippen LogP contribution in [0.1, 0.15) is 13.8 Å². The first-order valence-corrected chi connectivity index (χ1v) is 5.96. The topological polar surface area (TPSA) is 38.1 Å². The molecule has 0 amide bonds. The Morgan fingerprint density at radius 2 is 2.31 bits per heavy atom. The van der Waals surface area contributed by atoms with Crippen molar-refractivity contribution < 1.29 is 0 Å². The highest BCUT2D eigenvalue weighted by Gasteiger charge is 2.06. The van der Waals surface area contributed by atoms with Crippen molar-refractivity contribution >= 4 is 17.3 Å². The second-order valence-corrected chi connectivity index (χ2v) is 4.32. The molecule has 0 aliphatic heterocycles. The van der Waals surface area contributed by atoms with Gasteiger partial charge in [0.1, 0.15) is 0 Å². The van der Waals surface area contributed by atoms with Gasteiger partial charge < -0.3 is 4.90 Å². The molecule has 0 bridgehead atoms. The lowest BCUT2D eigenvalue weighted by atomic mass is 10.2. The number of alkyl halides is 1. The van der Waals surface area contributed by atoms with Gasteiger partial charge in [-0.1, -0.05) is 6.92 Å². The van der Waals surface area contributed by atoms with Crippen LogP contribution in [-0.4, -0.2) is 29.3 Å². The van der Waals surface area contributed by atoms with E-state index in [2.05, 4.69) is 5.10 Å². The minimum absolute atomic E-state index is 0.0743. The standard InChI is InChI=1S/C11H18ClN3O/c1-4-14(3)10-5-11(16)15(13-7-10)8-9(2)6-12/h5,7,9H,4,6,8H2,1-3H3. The van der Waals surface area contributed by atoms with E-state index in [1.165, 1.54) is 4.68 Å². The SMILES string of the molecule is CCN(C)c1cnn(CC(C)CCl)c(=O)c1. The Morgan fingerprint density at radius 3 is 2.81 bits per heavy atom. The smallest absolute Gasteiger partial charge is 0.268 e.